The standard InChI is InChI=1S/C25H26N2O4/c1-17(2)16-31-21-8-6-7-19(15-21)25(29)26-20-13-11-18(12-14-20)24(28)27-22-9-4-5-10-23(22)30-3/h4-15,17H,16H2,1-3H3,(H,26,29)(H,27,28). The van der Waals surface area contributed by atoms with Crippen molar-refractivity contribution in [1.29, 1.82) is 0 Å². The molecule has 0 bridgehead atoms. The van der Waals surface area contributed by atoms with E-state index in [1.54, 1.807) is 61.7 Å². The van der Waals surface area contributed by atoms with E-state index in [2.05, 4.69) is 24.5 Å². The maximum Gasteiger partial charge on any atom is 0.255 e. The summed E-state index contributed by atoms with van der Waals surface area (Å²) < 4.78 is 10.9. The van der Waals surface area contributed by atoms with Gasteiger partial charge in [-0.15, -0.1) is 0 Å². The molecule has 2 N–H and O–H groups in total. The van der Waals surface area contributed by atoms with Gasteiger partial charge in [0.15, 0.2) is 0 Å². The van der Waals surface area contributed by atoms with Crippen molar-refractivity contribution in [3.8, 4) is 11.5 Å². The minimum Gasteiger partial charge on any atom is -0.495 e. The van der Waals surface area contributed by atoms with E-state index in [1.807, 2.05) is 18.2 Å². The maximum absolute atomic E-state index is 12.6. The highest BCUT2D eigenvalue weighted by atomic mass is 16.5. The molecule has 0 radical (unpaired) electrons. The van der Waals surface area contributed by atoms with Crippen LogP contribution in [0.25, 0.3) is 0 Å². The van der Waals surface area contributed by atoms with Gasteiger partial charge in [-0.2, -0.15) is 0 Å². The summed E-state index contributed by atoms with van der Waals surface area (Å²) >= 11 is 0. The predicted octanol–water partition coefficient (Wildman–Crippen LogP) is 5.23. The molecule has 0 unspecified atom stereocenters. The van der Waals surface area contributed by atoms with Crippen LogP contribution in [0.15, 0.2) is 72.8 Å². The van der Waals surface area contributed by atoms with Crippen molar-refractivity contribution in [1.82, 2.24) is 0 Å². The second kappa shape index (κ2) is 10.3. The fourth-order valence-electron chi connectivity index (χ4n) is 2.84. The zero-order valence-electron chi connectivity index (χ0n) is 17.8. The number of amides is 2. The summed E-state index contributed by atoms with van der Waals surface area (Å²) in [6.45, 7) is 4.72. The Hall–Kier alpha value is -3.80. The number of benzene rings is 3. The second-order valence-electron chi connectivity index (χ2n) is 7.42. The van der Waals surface area contributed by atoms with Gasteiger partial charge < -0.3 is 20.1 Å². The van der Waals surface area contributed by atoms with Crippen LogP contribution < -0.4 is 20.1 Å². The molecule has 0 fully saturated rings. The van der Waals surface area contributed by atoms with E-state index in [9.17, 15) is 9.59 Å². The number of rotatable bonds is 8. The molecule has 160 valence electrons. The van der Waals surface area contributed by atoms with Crippen molar-refractivity contribution in [2.45, 2.75) is 13.8 Å². The number of hydrogen-bond acceptors (Lipinski definition) is 4. The third-order valence-corrected chi connectivity index (χ3v) is 4.44. The van der Waals surface area contributed by atoms with Crippen LogP contribution in [0.1, 0.15) is 34.6 Å². The van der Waals surface area contributed by atoms with E-state index in [4.69, 9.17) is 9.47 Å². The molecule has 2 amide bonds. The second-order valence-corrected chi connectivity index (χ2v) is 7.42. The first-order chi connectivity index (χ1) is 15.0. The van der Waals surface area contributed by atoms with E-state index in [-0.39, 0.29) is 11.8 Å². The maximum atomic E-state index is 12.6. The highest BCUT2D eigenvalue weighted by Gasteiger charge is 2.11. The average molecular weight is 418 g/mol. The molecule has 31 heavy (non-hydrogen) atoms. The van der Waals surface area contributed by atoms with Gasteiger partial charge in [-0.25, -0.2) is 0 Å². The molecule has 0 aliphatic heterocycles. The summed E-state index contributed by atoms with van der Waals surface area (Å²) in [5.74, 6) is 1.12. The van der Waals surface area contributed by atoms with Crippen molar-refractivity contribution in [3.63, 3.8) is 0 Å². The third-order valence-electron chi connectivity index (χ3n) is 4.44. The van der Waals surface area contributed by atoms with Crippen molar-refractivity contribution >= 4 is 23.2 Å². The normalized spacial score (nSPS) is 10.5. The minimum absolute atomic E-state index is 0.249. The van der Waals surface area contributed by atoms with Crippen LogP contribution >= 0.6 is 0 Å². The molecule has 3 aromatic carbocycles. The molecule has 3 aromatic rings. The first-order valence-corrected chi connectivity index (χ1v) is 10.0. The summed E-state index contributed by atoms with van der Waals surface area (Å²) in [6, 6.07) is 20.9. The molecule has 6 nitrogen and oxygen atoms in total. The van der Waals surface area contributed by atoms with E-state index >= 15 is 0 Å². The Kier molecular flexibility index (Phi) is 7.27. The molecule has 0 aliphatic rings. The number of ether oxygens (including phenoxy) is 2. The number of carbonyl (C=O) groups excluding carboxylic acids is 2. The number of carbonyl (C=O) groups is 2. The van der Waals surface area contributed by atoms with Gasteiger partial charge in [0.2, 0.25) is 0 Å². The Bertz CT molecular complexity index is 1050. The molecule has 0 saturated heterocycles. The summed E-state index contributed by atoms with van der Waals surface area (Å²) in [5, 5.41) is 5.66. The summed E-state index contributed by atoms with van der Waals surface area (Å²) in [4.78, 5) is 25.1. The van der Waals surface area contributed by atoms with Gasteiger partial charge in [0, 0.05) is 16.8 Å². The zero-order chi connectivity index (χ0) is 22.2. The van der Waals surface area contributed by atoms with Crippen molar-refractivity contribution in [2.75, 3.05) is 24.4 Å². The molecule has 6 heteroatoms. The molecule has 0 heterocycles. The largest absolute Gasteiger partial charge is 0.495 e. The van der Waals surface area contributed by atoms with Crippen LogP contribution in [-0.2, 0) is 0 Å². The molecule has 3 rings (SSSR count). The van der Waals surface area contributed by atoms with Gasteiger partial charge in [0.05, 0.1) is 19.4 Å². The number of anilines is 2. The van der Waals surface area contributed by atoms with Crippen LogP contribution in [0.4, 0.5) is 11.4 Å². The Morgan fingerprint density at radius 1 is 0.839 bits per heavy atom. The topological polar surface area (TPSA) is 76.7 Å². The van der Waals surface area contributed by atoms with E-state index in [1.165, 1.54) is 0 Å². The van der Waals surface area contributed by atoms with Crippen molar-refractivity contribution in [2.24, 2.45) is 5.92 Å². The van der Waals surface area contributed by atoms with Gasteiger partial charge >= 0.3 is 0 Å². The number of hydrogen-bond donors (Lipinski definition) is 2. The Morgan fingerprint density at radius 3 is 2.26 bits per heavy atom. The first-order valence-electron chi connectivity index (χ1n) is 10.0. The third kappa shape index (κ3) is 6.09. The van der Waals surface area contributed by atoms with E-state index in [0.29, 0.717) is 46.5 Å². The molecule has 0 atom stereocenters. The van der Waals surface area contributed by atoms with Crippen LogP contribution in [-0.4, -0.2) is 25.5 Å². The lowest BCUT2D eigenvalue weighted by atomic mass is 10.1. The van der Waals surface area contributed by atoms with Gasteiger partial charge in [-0.3, -0.25) is 9.59 Å². The number of nitrogens with one attached hydrogen (secondary N) is 2. The molecular formula is C25H26N2O4. The van der Waals surface area contributed by atoms with Crippen LogP contribution in [0.5, 0.6) is 11.5 Å². The lowest BCUT2D eigenvalue weighted by molar-refractivity contribution is 0.101. The highest BCUT2D eigenvalue weighted by molar-refractivity contribution is 6.06. The summed E-state index contributed by atoms with van der Waals surface area (Å²) in [7, 11) is 1.55. The lowest BCUT2D eigenvalue weighted by Gasteiger charge is -2.11. The predicted molar refractivity (Wildman–Crippen MR) is 122 cm³/mol. The van der Waals surface area contributed by atoms with E-state index in [0.717, 1.165) is 0 Å². The van der Waals surface area contributed by atoms with Crippen molar-refractivity contribution in [3.05, 3.63) is 83.9 Å². The van der Waals surface area contributed by atoms with E-state index < -0.39 is 0 Å². The zero-order valence-corrected chi connectivity index (χ0v) is 17.8. The Balaban J connectivity index is 1.63. The summed E-state index contributed by atoms with van der Waals surface area (Å²) in [6.07, 6.45) is 0. The van der Waals surface area contributed by atoms with Gasteiger partial charge in [0.25, 0.3) is 11.8 Å². The van der Waals surface area contributed by atoms with Crippen LogP contribution in [0, 0.1) is 5.92 Å². The molecule has 0 spiro atoms. The SMILES string of the molecule is COc1ccccc1NC(=O)c1ccc(NC(=O)c2cccc(OCC(C)C)c2)cc1. The lowest BCUT2D eigenvalue weighted by Crippen LogP contribution is -2.14. The summed E-state index contributed by atoms with van der Waals surface area (Å²) in [5.41, 5.74) is 2.14. The van der Waals surface area contributed by atoms with Gasteiger partial charge in [-0.1, -0.05) is 32.0 Å². The fourth-order valence-corrected chi connectivity index (χ4v) is 2.84. The Labute approximate surface area is 182 Å². The molecule has 0 saturated carbocycles. The van der Waals surface area contributed by atoms with Crippen molar-refractivity contribution < 1.29 is 19.1 Å². The fraction of sp³-hybridized carbons (Fsp3) is 0.200. The average Bonchev–Trinajstić information content (AvgIpc) is 2.78. The Morgan fingerprint density at radius 2 is 1.55 bits per heavy atom. The minimum atomic E-state index is -0.266. The van der Waals surface area contributed by atoms with Gasteiger partial charge in [-0.05, 0) is 60.5 Å². The van der Waals surface area contributed by atoms with Crippen LogP contribution in [0.2, 0.25) is 0 Å². The molecule has 0 aliphatic carbocycles. The number of para-hydroxylation sites is 2. The highest BCUT2D eigenvalue weighted by Crippen LogP contribution is 2.24. The smallest absolute Gasteiger partial charge is 0.255 e. The first kappa shape index (κ1) is 21.9. The monoisotopic (exact) mass is 418 g/mol. The molecular weight excluding hydrogens is 392 g/mol. The van der Waals surface area contributed by atoms with Crippen LogP contribution in [0.3, 0.4) is 0 Å². The molecule has 0 aromatic heterocycles. The quantitative estimate of drug-likeness (QED) is 0.525. The van der Waals surface area contributed by atoms with Gasteiger partial charge in [0.1, 0.15) is 11.5 Å². The number of methoxy groups -OCH3 is 1.